The molecular weight excluding hydrogens is 386 g/mol. The van der Waals surface area contributed by atoms with Crippen molar-refractivity contribution in [3.05, 3.63) is 30.6 Å². The SMILES string of the molecule is O=S(=O)([O-])[O-].O=[N+]([O-])[O-].O=[N+]([O-])[O-].[K+].[K+].[Sr+2]. The molecule has 0 aliphatic carbocycles. The summed E-state index contributed by atoms with van der Waals surface area (Å²) in [7, 11) is -5.17. The zero-order chi connectivity index (χ0) is 11.7. The number of nitrogens with zero attached hydrogens (tertiary/aromatic N) is 2. The average molecular weight is 386 g/mol. The largest absolute Gasteiger partial charge is 2.00 e. The minimum atomic E-state index is -5.17. The van der Waals surface area contributed by atoms with Crippen molar-refractivity contribution in [2.75, 3.05) is 0 Å². The normalized spacial score (nSPS) is 6.62. The smallest absolute Gasteiger partial charge is 0.759 e. The maximum atomic E-state index is 8.52. The van der Waals surface area contributed by atoms with Gasteiger partial charge in [-0.2, -0.15) is 0 Å². The van der Waals surface area contributed by atoms with Crippen LogP contribution in [0.15, 0.2) is 0 Å². The minimum Gasteiger partial charge on any atom is -0.759 e. The molecule has 0 N–H and O–H groups in total. The van der Waals surface area contributed by atoms with Crippen LogP contribution in [0.4, 0.5) is 0 Å². The first kappa shape index (κ1) is 36.4. The van der Waals surface area contributed by atoms with Gasteiger partial charge in [0.05, 0.1) is 10.2 Å². The molecule has 16 heavy (non-hydrogen) atoms. The van der Waals surface area contributed by atoms with E-state index in [1.807, 2.05) is 0 Å². The van der Waals surface area contributed by atoms with E-state index in [0.29, 0.717) is 0 Å². The molecule has 0 atom stereocenters. The van der Waals surface area contributed by atoms with Gasteiger partial charge in [0, 0.05) is 10.4 Å². The Kier molecular flexibility index (Phi) is 52.7. The molecule has 0 amide bonds. The van der Waals surface area contributed by atoms with Gasteiger partial charge in [-0.1, -0.05) is 0 Å². The van der Waals surface area contributed by atoms with Gasteiger partial charge in [-0.25, -0.2) is 0 Å². The van der Waals surface area contributed by atoms with Gasteiger partial charge in [-0.3, -0.25) is 8.42 Å². The van der Waals surface area contributed by atoms with Crippen molar-refractivity contribution in [1.82, 2.24) is 0 Å². The first-order valence-corrected chi connectivity index (χ1v) is 3.10. The molecule has 0 aromatic rings. The van der Waals surface area contributed by atoms with Crippen LogP contribution in [-0.4, -0.2) is 73.2 Å². The van der Waals surface area contributed by atoms with E-state index in [4.69, 9.17) is 48.2 Å². The molecule has 0 aromatic carbocycles. The second kappa shape index (κ2) is 23.1. The standard InChI is InChI=1S/2K.2NO3.H2O4S.Sr/c;;2*2-1(3)4;1-5(2,3)4;/h;;;;(H2,1,2,3,4);/q2*+1;2*-1;;+2/p-2. The Hall–Kier alpha value is 3.02. The van der Waals surface area contributed by atoms with E-state index in [1.165, 1.54) is 0 Å². The van der Waals surface area contributed by atoms with Crippen molar-refractivity contribution in [2.24, 2.45) is 0 Å². The predicted octanol–water partition coefficient (Wildman–Crippen LogP) is -8.19. The number of hydrogen-bond donors (Lipinski definition) is 0. The summed E-state index contributed by atoms with van der Waals surface area (Å²) in [6.07, 6.45) is 0. The van der Waals surface area contributed by atoms with E-state index in [9.17, 15) is 0 Å². The Labute approximate surface area is 211 Å². The molecule has 0 fully saturated rings. The molecule has 16 heteroatoms. The third-order valence-corrected chi connectivity index (χ3v) is 0. The molecule has 0 aliphatic heterocycles. The van der Waals surface area contributed by atoms with Gasteiger partial charge >= 0.3 is 148 Å². The van der Waals surface area contributed by atoms with Crippen LogP contribution in [0.3, 0.4) is 0 Å². The Balaban J connectivity index is -0.0000000216. The van der Waals surface area contributed by atoms with Crippen LogP contribution >= 0.6 is 0 Å². The van der Waals surface area contributed by atoms with Crippen LogP contribution in [0.5, 0.6) is 0 Å². The van der Waals surface area contributed by atoms with Gasteiger partial charge in [0.2, 0.25) is 0 Å². The van der Waals surface area contributed by atoms with Crippen LogP contribution in [-0.2, 0) is 10.4 Å². The van der Waals surface area contributed by atoms with E-state index < -0.39 is 20.6 Å². The first-order chi connectivity index (χ1) is 5.46. The summed E-state index contributed by atoms with van der Waals surface area (Å²) in [4.78, 5) is 16.5. The predicted molar refractivity (Wildman–Crippen MR) is 37.0 cm³/mol. The Morgan fingerprint density at radius 3 is 0.750 bits per heavy atom. The molecule has 0 saturated carbocycles. The molecular formula is K2N2O10SSr. The van der Waals surface area contributed by atoms with Crippen molar-refractivity contribution < 1.29 is 130 Å². The van der Waals surface area contributed by atoms with Crippen LogP contribution in [0.1, 0.15) is 0 Å². The van der Waals surface area contributed by atoms with Gasteiger partial charge in [-0.15, -0.1) is 0 Å². The third-order valence-electron chi connectivity index (χ3n) is 0. The van der Waals surface area contributed by atoms with Gasteiger partial charge < -0.3 is 39.7 Å². The Bertz CT molecular complexity index is 222. The van der Waals surface area contributed by atoms with Gasteiger partial charge in [-0.05, 0) is 0 Å². The average Bonchev–Trinajstić information content (AvgIpc) is 1.50. The number of rotatable bonds is 0. The molecule has 0 unspecified atom stereocenters. The maximum Gasteiger partial charge on any atom is 2.00 e. The molecule has 0 saturated heterocycles. The first-order valence-electron chi connectivity index (χ1n) is 1.76. The summed E-state index contributed by atoms with van der Waals surface area (Å²) in [6, 6.07) is 0. The van der Waals surface area contributed by atoms with Gasteiger partial charge in [0.25, 0.3) is 0 Å². The van der Waals surface area contributed by atoms with Gasteiger partial charge in [0.1, 0.15) is 0 Å². The molecule has 0 radical (unpaired) electrons. The topological polar surface area (TPSA) is 213 Å². The van der Waals surface area contributed by atoms with E-state index >= 15 is 0 Å². The Morgan fingerprint density at radius 2 is 0.750 bits per heavy atom. The summed E-state index contributed by atoms with van der Waals surface area (Å²) in [5, 5.41) is 29.5. The monoisotopic (exact) mass is 386 g/mol. The quantitative estimate of drug-likeness (QED) is 0.126. The van der Waals surface area contributed by atoms with E-state index in [1.54, 1.807) is 0 Å². The Morgan fingerprint density at radius 1 is 0.750 bits per heavy atom. The summed E-state index contributed by atoms with van der Waals surface area (Å²) in [6.45, 7) is 0. The summed E-state index contributed by atoms with van der Waals surface area (Å²) in [5.41, 5.74) is 0. The van der Waals surface area contributed by atoms with Crippen molar-refractivity contribution in [3.8, 4) is 0 Å². The molecule has 0 bridgehead atoms. The molecule has 0 rings (SSSR count). The minimum absolute atomic E-state index is 0. The van der Waals surface area contributed by atoms with Crippen LogP contribution in [0.25, 0.3) is 0 Å². The molecule has 80 valence electrons. The molecule has 0 heterocycles. The van der Waals surface area contributed by atoms with Crippen LogP contribution in [0.2, 0.25) is 0 Å². The van der Waals surface area contributed by atoms with E-state index in [0.717, 1.165) is 0 Å². The fourth-order valence-electron chi connectivity index (χ4n) is 0. The van der Waals surface area contributed by atoms with Crippen molar-refractivity contribution in [3.63, 3.8) is 0 Å². The van der Waals surface area contributed by atoms with Gasteiger partial charge in [0.15, 0.2) is 0 Å². The van der Waals surface area contributed by atoms with Crippen molar-refractivity contribution in [1.29, 1.82) is 0 Å². The third kappa shape index (κ3) is 478. The fraction of sp³-hybridized carbons (Fsp3) is 0. The summed E-state index contributed by atoms with van der Waals surface area (Å²) >= 11 is 0. The van der Waals surface area contributed by atoms with E-state index in [2.05, 4.69) is 0 Å². The summed E-state index contributed by atoms with van der Waals surface area (Å²) in [5.74, 6) is 0. The zero-order valence-electron chi connectivity index (χ0n) is 8.09. The second-order valence-electron chi connectivity index (χ2n) is 0.855. The zero-order valence-corrected chi connectivity index (χ0v) is 18.6. The van der Waals surface area contributed by atoms with Crippen molar-refractivity contribution in [2.45, 2.75) is 0 Å². The van der Waals surface area contributed by atoms with Crippen LogP contribution in [0, 0.1) is 30.6 Å². The van der Waals surface area contributed by atoms with Crippen LogP contribution < -0.4 is 103 Å². The maximum absolute atomic E-state index is 8.52. The van der Waals surface area contributed by atoms with E-state index in [-0.39, 0.29) is 148 Å². The molecule has 0 aliphatic rings. The number of hydrogen-bond acceptors (Lipinski definition) is 10. The molecule has 12 nitrogen and oxygen atoms in total. The molecule has 0 spiro atoms. The van der Waals surface area contributed by atoms with Crippen molar-refractivity contribution >= 4 is 55.9 Å². The second-order valence-corrected chi connectivity index (χ2v) is 1.67. The summed E-state index contributed by atoms with van der Waals surface area (Å²) < 4.78 is 34.1. The molecule has 0 aromatic heterocycles. The fourth-order valence-corrected chi connectivity index (χ4v) is 0.